The molecule has 2 N–H and O–H groups in total. The molecule has 0 atom stereocenters. The second kappa shape index (κ2) is 4.66. The van der Waals surface area contributed by atoms with Crippen molar-refractivity contribution in [1.29, 1.82) is 0 Å². The molecule has 4 heteroatoms. The number of aromatic amines is 1. The Kier molecular flexibility index (Phi) is 2.86. The molecule has 0 saturated carbocycles. The van der Waals surface area contributed by atoms with Gasteiger partial charge in [-0.2, -0.15) is 11.3 Å². The van der Waals surface area contributed by atoms with Crippen molar-refractivity contribution in [2.24, 2.45) is 0 Å². The molecule has 1 aromatic carbocycles. The van der Waals surface area contributed by atoms with E-state index in [-0.39, 0.29) is 5.91 Å². The van der Waals surface area contributed by atoms with Gasteiger partial charge in [-0.1, -0.05) is 18.2 Å². The van der Waals surface area contributed by atoms with E-state index in [1.165, 1.54) is 0 Å². The standard InChI is InChI=1S/C14H12N2OS/c17-14(15-8-10-5-6-18-9-10)13-7-11-3-1-2-4-12(11)16-13/h1-7,9,16H,8H2,(H,15,17). The van der Waals surface area contributed by atoms with Crippen LogP contribution in [-0.4, -0.2) is 10.9 Å². The van der Waals surface area contributed by atoms with Crippen LogP contribution in [-0.2, 0) is 6.54 Å². The number of fused-ring (bicyclic) bond motifs is 1. The Labute approximate surface area is 108 Å². The van der Waals surface area contributed by atoms with E-state index in [9.17, 15) is 4.79 Å². The molecule has 0 radical (unpaired) electrons. The highest BCUT2D eigenvalue weighted by Crippen LogP contribution is 2.14. The molecular formula is C14H12N2OS. The average molecular weight is 256 g/mol. The normalized spacial score (nSPS) is 10.7. The number of nitrogens with one attached hydrogen (secondary N) is 2. The van der Waals surface area contributed by atoms with Crippen molar-refractivity contribution < 1.29 is 4.79 Å². The first kappa shape index (κ1) is 11.0. The molecule has 0 aliphatic rings. The van der Waals surface area contributed by atoms with Crippen LogP contribution in [0.4, 0.5) is 0 Å². The predicted octanol–water partition coefficient (Wildman–Crippen LogP) is 3.16. The van der Waals surface area contributed by atoms with Crippen LogP contribution < -0.4 is 5.32 Å². The molecule has 3 rings (SSSR count). The Balaban J connectivity index is 1.75. The van der Waals surface area contributed by atoms with Gasteiger partial charge in [-0.15, -0.1) is 0 Å². The Morgan fingerprint density at radius 3 is 2.94 bits per heavy atom. The topological polar surface area (TPSA) is 44.9 Å². The maximum atomic E-state index is 12.0. The van der Waals surface area contributed by atoms with Crippen LogP contribution in [0.25, 0.3) is 10.9 Å². The average Bonchev–Trinajstić information content (AvgIpc) is 3.04. The predicted molar refractivity (Wildman–Crippen MR) is 73.8 cm³/mol. The van der Waals surface area contributed by atoms with Gasteiger partial charge >= 0.3 is 0 Å². The number of hydrogen-bond acceptors (Lipinski definition) is 2. The lowest BCUT2D eigenvalue weighted by Crippen LogP contribution is -2.22. The number of rotatable bonds is 3. The van der Waals surface area contributed by atoms with E-state index in [1.54, 1.807) is 11.3 Å². The Morgan fingerprint density at radius 2 is 2.17 bits per heavy atom. The van der Waals surface area contributed by atoms with E-state index < -0.39 is 0 Å². The number of H-pyrrole nitrogens is 1. The summed E-state index contributed by atoms with van der Waals surface area (Å²) >= 11 is 1.63. The number of hydrogen-bond donors (Lipinski definition) is 2. The molecule has 0 unspecified atom stereocenters. The Morgan fingerprint density at radius 1 is 1.28 bits per heavy atom. The summed E-state index contributed by atoms with van der Waals surface area (Å²) in [5.74, 6) is -0.0719. The molecule has 0 spiro atoms. The number of carbonyl (C=O) groups is 1. The number of para-hydroxylation sites is 1. The van der Waals surface area contributed by atoms with Gasteiger partial charge in [-0.25, -0.2) is 0 Å². The molecule has 2 heterocycles. The number of amides is 1. The monoisotopic (exact) mass is 256 g/mol. The third kappa shape index (κ3) is 2.15. The summed E-state index contributed by atoms with van der Waals surface area (Å²) in [5.41, 5.74) is 2.72. The van der Waals surface area contributed by atoms with Gasteiger partial charge in [0.15, 0.2) is 0 Å². The van der Waals surface area contributed by atoms with Gasteiger partial charge in [0.05, 0.1) is 0 Å². The second-order valence-electron chi connectivity index (χ2n) is 4.08. The van der Waals surface area contributed by atoms with Gasteiger partial charge in [0.25, 0.3) is 5.91 Å². The smallest absolute Gasteiger partial charge is 0.267 e. The van der Waals surface area contributed by atoms with Crippen molar-refractivity contribution >= 4 is 28.1 Å². The highest BCUT2D eigenvalue weighted by Gasteiger charge is 2.08. The minimum Gasteiger partial charge on any atom is -0.351 e. The molecular weight excluding hydrogens is 244 g/mol. The summed E-state index contributed by atoms with van der Waals surface area (Å²) in [5, 5.41) is 7.99. The zero-order valence-corrected chi connectivity index (χ0v) is 10.5. The van der Waals surface area contributed by atoms with E-state index in [4.69, 9.17) is 0 Å². The number of benzene rings is 1. The molecule has 90 valence electrons. The van der Waals surface area contributed by atoms with E-state index in [0.717, 1.165) is 16.5 Å². The van der Waals surface area contributed by atoms with Gasteiger partial charge in [0, 0.05) is 17.4 Å². The van der Waals surface area contributed by atoms with Crippen LogP contribution >= 0.6 is 11.3 Å². The molecule has 1 amide bonds. The fourth-order valence-electron chi connectivity index (χ4n) is 1.87. The van der Waals surface area contributed by atoms with Crippen LogP contribution in [0.1, 0.15) is 16.1 Å². The molecule has 2 aromatic heterocycles. The fraction of sp³-hybridized carbons (Fsp3) is 0.0714. The van der Waals surface area contributed by atoms with Gasteiger partial charge in [0.2, 0.25) is 0 Å². The second-order valence-corrected chi connectivity index (χ2v) is 4.86. The highest BCUT2D eigenvalue weighted by molar-refractivity contribution is 7.07. The third-order valence-electron chi connectivity index (χ3n) is 2.81. The number of thiophene rings is 1. The quantitative estimate of drug-likeness (QED) is 0.743. The van der Waals surface area contributed by atoms with E-state index in [0.29, 0.717) is 12.2 Å². The summed E-state index contributed by atoms with van der Waals surface area (Å²) < 4.78 is 0. The molecule has 0 bridgehead atoms. The zero-order valence-electron chi connectivity index (χ0n) is 9.64. The van der Waals surface area contributed by atoms with Crippen LogP contribution in [0.3, 0.4) is 0 Å². The molecule has 3 nitrogen and oxygen atoms in total. The Hall–Kier alpha value is -2.07. The van der Waals surface area contributed by atoms with Gasteiger partial charge in [-0.3, -0.25) is 4.79 Å². The highest BCUT2D eigenvalue weighted by atomic mass is 32.1. The first-order chi connectivity index (χ1) is 8.83. The minimum absolute atomic E-state index is 0.0719. The summed E-state index contributed by atoms with van der Waals surface area (Å²) in [6.45, 7) is 0.567. The van der Waals surface area contributed by atoms with E-state index in [1.807, 2.05) is 47.2 Å². The lowest BCUT2D eigenvalue weighted by Gasteiger charge is -2.01. The molecule has 0 aliphatic carbocycles. The fourth-order valence-corrected chi connectivity index (χ4v) is 2.54. The maximum absolute atomic E-state index is 12.0. The summed E-state index contributed by atoms with van der Waals surface area (Å²) in [6.07, 6.45) is 0. The minimum atomic E-state index is -0.0719. The zero-order chi connectivity index (χ0) is 12.4. The number of aromatic nitrogens is 1. The molecule has 0 aliphatic heterocycles. The van der Waals surface area contributed by atoms with Gasteiger partial charge in [0.1, 0.15) is 5.69 Å². The van der Waals surface area contributed by atoms with Crippen molar-refractivity contribution in [2.75, 3.05) is 0 Å². The van der Waals surface area contributed by atoms with Gasteiger partial charge in [-0.05, 0) is 34.5 Å². The molecule has 0 saturated heterocycles. The molecule has 0 fully saturated rings. The van der Waals surface area contributed by atoms with Crippen molar-refractivity contribution in [3.05, 3.63) is 58.4 Å². The van der Waals surface area contributed by atoms with Crippen molar-refractivity contribution in [2.45, 2.75) is 6.54 Å². The van der Waals surface area contributed by atoms with E-state index in [2.05, 4.69) is 10.3 Å². The summed E-state index contributed by atoms with van der Waals surface area (Å²) in [6, 6.07) is 11.7. The molecule has 3 aromatic rings. The lowest BCUT2D eigenvalue weighted by molar-refractivity contribution is 0.0947. The van der Waals surface area contributed by atoms with Crippen molar-refractivity contribution in [3.8, 4) is 0 Å². The van der Waals surface area contributed by atoms with Crippen molar-refractivity contribution in [3.63, 3.8) is 0 Å². The lowest BCUT2D eigenvalue weighted by atomic mass is 10.2. The van der Waals surface area contributed by atoms with Crippen LogP contribution in [0.2, 0.25) is 0 Å². The largest absolute Gasteiger partial charge is 0.351 e. The van der Waals surface area contributed by atoms with Gasteiger partial charge < -0.3 is 10.3 Å². The summed E-state index contributed by atoms with van der Waals surface area (Å²) in [7, 11) is 0. The van der Waals surface area contributed by atoms with E-state index >= 15 is 0 Å². The first-order valence-electron chi connectivity index (χ1n) is 5.70. The van der Waals surface area contributed by atoms with Crippen LogP contribution in [0.15, 0.2) is 47.2 Å². The summed E-state index contributed by atoms with van der Waals surface area (Å²) in [4.78, 5) is 15.1. The third-order valence-corrected chi connectivity index (χ3v) is 3.54. The van der Waals surface area contributed by atoms with Crippen molar-refractivity contribution in [1.82, 2.24) is 10.3 Å². The number of carbonyl (C=O) groups excluding carboxylic acids is 1. The van der Waals surface area contributed by atoms with Crippen LogP contribution in [0.5, 0.6) is 0 Å². The SMILES string of the molecule is O=C(NCc1ccsc1)c1cc2ccccc2[nH]1. The molecule has 18 heavy (non-hydrogen) atoms. The Bertz CT molecular complexity index is 637. The first-order valence-corrected chi connectivity index (χ1v) is 6.64. The maximum Gasteiger partial charge on any atom is 0.267 e. The van der Waals surface area contributed by atoms with Crippen LogP contribution in [0, 0.1) is 0 Å².